The van der Waals surface area contributed by atoms with Gasteiger partial charge in [0.2, 0.25) is 11.8 Å². The van der Waals surface area contributed by atoms with Crippen LogP contribution in [-0.2, 0) is 28.8 Å². The molecule has 0 aromatic heterocycles. The number of carboxylic acid groups (broad SMARTS) is 4. The average molecular weight is 334 g/mol. The summed E-state index contributed by atoms with van der Waals surface area (Å²) < 4.78 is 0. The predicted octanol–water partition coefficient (Wildman–Crippen LogP) is -2.63. The van der Waals surface area contributed by atoms with Gasteiger partial charge in [-0.1, -0.05) is 0 Å². The number of carbonyl (C=O) groups is 6. The zero-order valence-electron chi connectivity index (χ0n) is 11.7. The number of hydrogen-bond acceptors (Lipinski definition) is 6. The molecule has 0 radical (unpaired) electrons. The van der Waals surface area contributed by atoms with Gasteiger partial charge in [-0.05, 0) is 0 Å². The van der Waals surface area contributed by atoms with Crippen LogP contribution in [0.3, 0.4) is 0 Å². The van der Waals surface area contributed by atoms with Crippen LogP contribution in [0, 0.1) is 0 Å². The van der Waals surface area contributed by atoms with E-state index in [1.807, 2.05) is 0 Å². The van der Waals surface area contributed by atoms with Crippen molar-refractivity contribution in [1.29, 1.82) is 0 Å². The Morgan fingerprint density at radius 2 is 0.739 bits per heavy atom. The zero-order chi connectivity index (χ0) is 18.2. The Labute approximate surface area is 128 Å². The summed E-state index contributed by atoms with van der Waals surface area (Å²) in [5.74, 6) is -8.42. The molecular weight excluding hydrogens is 320 g/mol. The molecule has 0 aromatic carbocycles. The van der Waals surface area contributed by atoms with E-state index < -0.39 is 68.3 Å². The van der Waals surface area contributed by atoms with E-state index in [0.717, 1.165) is 0 Å². The van der Waals surface area contributed by atoms with Crippen molar-refractivity contribution in [3.05, 3.63) is 0 Å². The molecule has 0 aliphatic carbocycles. The standard InChI is InChI=1S/C11H14N2O10/c14-6(12(2-8(16)17)3-9(18)19)1-7(15)13(4-10(20)21)5-11(22)23/h1-5H2,(H,16,17)(H,18,19)(H,20,21)(H,22,23). The molecule has 0 fully saturated rings. The third-order valence-electron chi connectivity index (χ3n) is 2.31. The van der Waals surface area contributed by atoms with E-state index in [4.69, 9.17) is 20.4 Å². The number of hydrogen-bond donors (Lipinski definition) is 4. The lowest BCUT2D eigenvalue weighted by atomic mass is 10.3. The summed E-state index contributed by atoms with van der Waals surface area (Å²) in [5.41, 5.74) is 0. The number of nitrogens with zero attached hydrogens (tertiary/aromatic N) is 2. The van der Waals surface area contributed by atoms with Gasteiger partial charge in [0.25, 0.3) is 0 Å². The molecule has 0 spiro atoms. The fourth-order valence-electron chi connectivity index (χ4n) is 1.47. The molecule has 0 aliphatic rings. The SMILES string of the molecule is O=C(O)CN(CC(=O)O)C(=O)CC(=O)N(CC(=O)O)CC(=O)O. The van der Waals surface area contributed by atoms with Gasteiger partial charge in [-0.2, -0.15) is 0 Å². The Morgan fingerprint density at radius 1 is 0.522 bits per heavy atom. The van der Waals surface area contributed by atoms with Crippen LogP contribution in [0.25, 0.3) is 0 Å². The van der Waals surface area contributed by atoms with Crippen LogP contribution in [0.4, 0.5) is 0 Å². The third kappa shape index (κ3) is 8.64. The third-order valence-corrected chi connectivity index (χ3v) is 2.31. The van der Waals surface area contributed by atoms with Crippen molar-refractivity contribution in [2.45, 2.75) is 6.42 Å². The molecule has 0 saturated heterocycles. The van der Waals surface area contributed by atoms with Gasteiger partial charge in [-0.25, -0.2) is 0 Å². The second kappa shape index (κ2) is 8.96. The first-order chi connectivity index (χ1) is 10.5. The zero-order valence-corrected chi connectivity index (χ0v) is 11.7. The molecule has 0 rings (SSSR count). The highest BCUT2D eigenvalue weighted by Gasteiger charge is 2.26. The van der Waals surface area contributed by atoms with Crippen molar-refractivity contribution in [2.24, 2.45) is 0 Å². The molecule has 0 unspecified atom stereocenters. The van der Waals surface area contributed by atoms with Gasteiger partial charge < -0.3 is 30.2 Å². The van der Waals surface area contributed by atoms with Crippen molar-refractivity contribution in [1.82, 2.24) is 9.80 Å². The molecule has 0 aliphatic heterocycles. The van der Waals surface area contributed by atoms with Gasteiger partial charge in [-0.3, -0.25) is 28.8 Å². The first-order valence-electron chi connectivity index (χ1n) is 5.95. The molecule has 2 amide bonds. The summed E-state index contributed by atoms with van der Waals surface area (Å²) >= 11 is 0. The largest absolute Gasteiger partial charge is 0.480 e. The maximum atomic E-state index is 11.8. The van der Waals surface area contributed by atoms with E-state index in [9.17, 15) is 28.8 Å². The highest BCUT2D eigenvalue weighted by Crippen LogP contribution is 2.01. The molecule has 0 atom stereocenters. The molecule has 23 heavy (non-hydrogen) atoms. The van der Waals surface area contributed by atoms with Gasteiger partial charge in [-0.15, -0.1) is 0 Å². The summed E-state index contributed by atoms with van der Waals surface area (Å²) in [6.45, 7) is -3.90. The van der Waals surface area contributed by atoms with Gasteiger partial charge in [0, 0.05) is 0 Å². The molecule has 128 valence electrons. The number of carboxylic acids is 4. The second-order valence-corrected chi connectivity index (χ2v) is 4.25. The summed E-state index contributed by atoms with van der Waals surface area (Å²) in [7, 11) is 0. The minimum absolute atomic E-state index is 0.363. The Hall–Kier alpha value is -3.18. The van der Waals surface area contributed by atoms with Crippen LogP contribution < -0.4 is 0 Å². The van der Waals surface area contributed by atoms with Crippen LogP contribution in [0.5, 0.6) is 0 Å². The minimum atomic E-state index is -1.51. The van der Waals surface area contributed by atoms with Crippen LogP contribution in [0.15, 0.2) is 0 Å². The van der Waals surface area contributed by atoms with Crippen LogP contribution in [-0.4, -0.2) is 92.1 Å². The summed E-state index contributed by atoms with van der Waals surface area (Å²) in [6, 6.07) is 0. The number of rotatable bonds is 10. The lowest BCUT2D eigenvalue weighted by Crippen LogP contribution is -2.44. The van der Waals surface area contributed by atoms with Gasteiger partial charge >= 0.3 is 23.9 Å². The van der Waals surface area contributed by atoms with E-state index in [2.05, 4.69) is 0 Å². The monoisotopic (exact) mass is 334 g/mol. The first-order valence-corrected chi connectivity index (χ1v) is 5.95. The van der Waals surface area contributed by atoms with Crippen LogP contribution in [0.1, 0.15) is 6.42 Å². The molecule has 0 saturated carbocycles. The molecular formula is C11H14N2O10. The van der Waals surface area contributed by atoms with Crippen molar-refractivity contribution in [3.8, 4) is 0 Å². The highest BCUT2D eigenvalue weighted by atomic mass is 16.4. The van der Waals surface area contributed by atoms with Crippen molar-refractivity contribution in [2.75, 3.05) is 26.2 Å². The van der Waals surface area contributed by atoms with Crippen molar-refractivity contribution >= 4 is 35.7 Å². The molecule has 4 N–H and O–H groups in total. The van der Waals surface area contributed by atoms with E-state index in [1.165, 1.54) is 0 Å². The Bertz CT molecular complexity index is 451. The van der Waals surface area contributed by atoms with E-state index in [0.29, 0.717) is 9.80 Å². The van der Waals surface area contributed by atoms with E-state index in [1.54, 1.807) is 0 Å². The van der Waals surface area contributed by atoms with Crippen LogP contribution in [0.2, 0.25) is 0 Å². The minimum Gasteiger partial charge on any atom is -0.480 e. The normalized spacial score (nSPS) is 9.74. The van der Waals surface area contributed by atoms with Crippen molar-refractivity contribution < 1.29 is 49.2 Å². The van der Waals surface area contributed by atoms with Crippen molar-refractivity contribution in [3.63, 3.8) is 0 Å². The maximum Gasteiger partial charge on any atom is 0.323 e. The molecule has 0 bridgehead atoms. The predicted molar refractivity (Wildman–Crippen MR) is 68.3 cm³/mol. The molecule has 12 nitrogen and oxygen atoms in total. The quantitative estimate of drug-likeness (QED) is 0.307. The fraction of sp³-hybridized carbons (Fsp3) is 0.455. The van der Waals surface area contributed by atoms with Gasteiger partial charge in [0.1, 0.15) is 32.6 Å². The summed E-state index contributed by atoms with van der Waals surface area (Å²) in [5, 5.41) is 34.4. The topological polar surface area (TPSA) is 190 Å². The van der Waals surface area contributed by atoms with Gasteiger partial charge in [0.15, 0.2) is 0 Å². The molecule has 0 aromatic rings. The number of amides is 2. The van der Waals surface area contributed by atoms with E-state index >= 15 is 0 Å². The second-order valence-electron chi connectivity index (χ2n) is 4.25. The van der Waals surface area contributed by atoms with E-state index in [-0.39, 0.29) is 0 Å². The summed E-state index contributed by atoms with van der Waals surface area (Å²) in [6.07, 6.45) is -1.05. The smallest absolute Gasteiger partial charge is 0.323 e. The first kappa shape index (κ1) is 19.8. The summed E-state index contributed by atoms with van der Waals surface area (Å²) in [4.78, 5) is 66.5. The fourth-order valence-corrected chi connectivity index (χ4v) is 1.47. The number of carbonyl (C=O) groups excluding carboxylic acids is 2. The Kier molecular flexibility index (Phi) is 7.72. The number of aliphatic carboxylic acids is 4. The maximum absolute atomic E-state index is 11.8. The van der Waals surface area contributed by atoms with Gasteiger partial charge in [0.05, 0.1) is 0 Å². The Balaban J connectivity index is 4.99. The van der Waals surface area contributed by atoms with Crippen LogP contribution >= 0.6 is 0 Å². The highest BCUT2D eigenvalue weighted by molar-refractivity contribution is 6.00. The average Bonchev–Trinajstić information content (AvgIpc) is 2.34. The molecule has 0 heterocycles. The molecule has 12 heteroatoms. The lowest BCUT2D eigenvalue weighted by molar-refractivity contribution is -0.154. The Morgan fingerprint density at radius 3 is 0.913 bits per heavy atom. The lowest BCUT2D eigenvalue weighted by Gasteiger charge is -2.21.